The van der Waals surface area contributed by atoms with Gasteiger partial charge in [-0.15, -0.1) is 0 Å². The van der Waals surface area contributed by atoms with E-state index in [4.69, 9.17) is 10.5 Å². The fourth-order valence-corrected chi connectivity index (χ4v) is 2.33. The molecule has 1 unspecified atom stereocenters. The van der Waals surface area contributed by atoms with Crippen molar-refractivity contribution in [3.05, 3.63) is 70.0 Å². The second-order valence-electron chi connectivity index (χ2n) is 4.80. The Kier molecular flexibility index (Phi) is 3.23. The van der Waals surface area contributed by atoms with Gasteiger partial charge >= 0.3 is 0 Å². The van der Waals surface area contributed by atoms with Gasteiger partial charge in [0.05, 0.1) is 19.3 Å². The van der Waals surface area contributed by atoms with Crippen LogP contribution in [-0.2, 0) is 18.0 Å². The van der Waals surface area contributed by atoms with Gasteiger partial charge in [0.2, 0.25) is 0 Å². The number of fused-ring (bicyclic) bond motifs is 1. The molecule has 0 saturated carbocycles. The molecule has 5 heteroatoms. The van der Waals surface area contributed by atoms with Crippen LogP contribution >= 0.6 is 0 Å². The largest absolute Gasteiger partial charge is 0.372 e. The van der Waals surface area contributed by atoms with E-state index in [0.717, 1.165) is 23.3 Å². The van der Waals surface area contributed by atoms with Crippen LogP contribution in [0.2, 0.25) is 0 Å². The Morgan fingerprint density at radius 1 is 0.900 bits per heavy atom. The summed E-state index contributed by atoms with van der Waals surface area (Å²) < 4.78 is 44.7. The maximum Gasteiger partial charge on any atom is 0.194 e. The molecule has 1 aliphatic heterocycles. The normalized spacial score (nSPS) is 15.2. The zero-order valence-electron chi connectivity index (χ0n) is 10.5. The third-order valence-electron chi connectivity index (χ3n) is 3.47. The highest BCUT2D eigenvalue weighted by atomic mass is 19.2. The van der Waals surface area contributed by atoms with Gasteiger partial charge in [0, 0.05) is 0 Å². The molecule has 0 radical (unpaired) electrons. The molecule has 1 atom stereocenters. The second-order valence-corrected chi connectivity index (χ2v) is 4.80. The quantitative estimate of drug-likeness (QED) is 0.857. The zero-order valence-corrected chi connectivity index (χ0v) is 10.5. The van der Waals surface area contributed by atoms with E-state index in [0.29, 0.717) is 18.8 Å². The van der Waals surface area contributed by atoms with Gasteiger partial charge in [-0.05, 0) is 34.4 Å². The van der Waals surface area contributed by atoms with Crippen LogP contribution in [0, 0.1) is 17.5 Å². The number of halogens is 3. The van der Waals surface area contributed by atoms with Crippen molar-refractivity contribution >= 4 is 0 Å². The Bertz CT molecular complexity index is 649. The van der Waals surface area contributed by atoms with Crippen LogP contribution < -0.4 is 5.73 Å². The lowest BCUT2D eigenvalue weighted by Crippen LogP contribution is -2.13. The molecule has 0 fully saturated rings. The molecule has 0 spiro atoms. The minimum absolute atomic E-state index is 0.195. The summed E-state index contributed by atoms with van der Waals surface area (Å²) in [6, 6.07) is 6.65. The summed E-state index contributed by atoms with van der Waals surface area (Å²) in [5.74, 6) is -3.96. The molecule has 2 nitrogen and oxygen atoms in total. The molecule has 20 heavy (non-hydrogen) atoms. The molecule has 104 valence electrons. The fraction of sp³-hybridized carbons (Fsp3) is 0.200. The summed E-state index contributed by atoms with van der Waals surface area (Å²) in [5, 5.41) is 0. The summed E-state index contributed by atoms with van der Waals surface area (Å²) in [6.45, 7) is 1.06. The monoisotopic (exact) mass is 279 g/mol. The topological polar surface area (TPSA) is 35.2 Å². The van der Waals surface area contributed by atoms with E-state index in [9.17, 15) is 13.2 Å². The maximum atomic E-state index is 13.2. The lowest BCUT2D eigenvalue weighted by atomic mass is 9.96. The van der Waals surface area contributed by atoms with Gasteiger partial charge in [0.15, 0.2) is 17.5 Å². The van der Waals surface area contributed by atoms with Crippen LogP contribution in [0.5, 0.6) is 0 Å². The van der Waals surface area contributed by atoms with Gasteiger partial charge in [-0.3, -0.25) is 0 Å². The van der Waals surface area contributed by atoms with Crippen LogP contribution in [0.1, 0.15) is 28.3 Å². The van der Waals surface area contributed by atoms with Crippen LogP contribution in [0.4, 0.5) is 13.2 Å². The van der Waals surface area contributed by atoms with E-state index >= 15 is 0 Å². The first-order chi connectivity index (χ1) is 9.56. The molecule has 0 aliphatic carbocycles. The Balaban J connectivity index is 1.98. The van der Waals surface area contributed by atoms with Crippen LogP contribution in [0.15, 0.2) is 30.3 Å². The molecule has 0 bridgehead atoms. The van der Waals surface area contributed by atoms with Crippen LogP contribution in [0.3, 0.4) is 0 Å². The summed E-state index contributed by atoms with van der Waals surface area (Å²) in [5.41, 5.74) is 9.00. The molecule has 2 aromatic rings. The highest BCUT2D eigenvalue weighted by molar-refractivity contribution is 5.39. The van der Waals surface area contributed by atoms with Gasteiger partial charge in [-0.1, -0.05) is 18.2 Å². The van der Waals surface area contributed by atoms with Crippen molar-refractivity contribution in [2.24, 2.45) is 5.73 Å². The predicted molar refractivity (Wildman–Crippen MR) is 67.3 cm³/mol. The highest BCUT2D eigenvalue weighted by Gasteiger charge is 2.18. The van der Waals surface area contributed by atoms with Crippen molar-refractivity contribution in [2.45, 2.75) is 19.3 Å². The minimum Gasteiger partial charge on any atom is -0.372 e. The first kappa shape index (κ1) is 13.1. The number of hydrogen-bond acceptors (Lipinski definition) is 2. The van der Waals surface area contributed by atoms with Gasteiger partial charge in [-0.2, -0.15) is 0 Å². The molecular formula is C15H12F3NO. The van der Waals surface area contributed by atoms with Crippen molar-refractivity contribution in [3.63, 3.8) is 0 Å². The molecule has 2 N–H and O–H groups in total. The average molecular weight is 279 g/mol. The van der Waals surface area contributed by atoms with Gasteiger partial charge in [-0.25, -0.2) is 13.2 Å². The minimum atomic E-state index is -1.48. The SMILES string of the molecule is NC(c1cc(F)c(F)c(F)c1)c1ccc2c(c1)COC2. The summed E-state index contributed by atoms with van der Waals surface area (Å²) >= 11 is 0. The van der Waals surface area contributed by atoms with Gasteiger partial charge in [0.1, 0.15) is 0 Å². The number of hydrogen-bond donors (Lipinski definition) is 1. The third kappa shape index (κ3) is 2.19. The summed E-state index contributed by atoms with van der Waals surface area (Å²) in [7, 11) is 0. The fourth-order valence-electron chi connectivity index (χ4n) is 2.33. The average Bonchev–Trinajstić information content (AvgIpc) is 2.90. The van der Waals surface area contributed by atoms with Crippen molar-refractivity contribution in [3.8, 4) is 0 Å². The second kappa shape index (κ2) is 4.92. The van der Waals surface area contributed by atoms with Crippen molar-refractivity contribution in [1.29, 1.82) is 0 Å². The first-order valence-corrected chi connectivity index (χ1v) is 6.15. The first-order valence-electron chi connectivity index (χ1n) is 6.15. The Hall–Kier alpha value is -1.85. The molecule has 2 aromatic carbocycles. The number of nitrogens with two attached hydrogens (primary N) is 1. The van der Waals surface area contributed by atoms with Crippen LogP contribution in [-0.4, -0.2) is 0 Å². The predicted octanol–water partition coefficient (Wildman–Crippen LogP) is 3.18. The third-order valence-corrected chi connectivity index (χ3v) is 3.47. The Morgan fingerprint density at radius 2 is 1.55 bits per heavy atom. The van der Waals surface area contributed by atoms with E-state index in [2.05, 4.69) is 0 Å². The lowest BCUT2D eigenvalue weighted by molar-refractivity contribution is 0.134. The van der Waals surface area contributed by atoms with E-state index < -0.39 is 23.5 Å². The van der Waals surface area contributed by atoms with E-state index in [1.165, 1.54) is 0 Å². The maximum absolute atomic E-state index is 13.2. The number of rotatable bonds is 2. The molecule has 0 aromatic heterocycles. The van der Waals surface area contributed by atoms with Crippen molar-refractivity contribution in [1.82, 2.24) is 0 Å². The van der Waals surface area contributed by atoms with E-state index in [1.54, 1.807) is 6.07 Å². The smallest absolute Gasteiger partial charge is 0.194 e. The lowest BCUT2D eigenvalue weighted by Gasteiger charge is -2.14. The number of ether oxygens (including phenoxy) is 1. The van der Waals surface area contributed by atoms with Crippen molar-refractivity contribution < 1.29 is 17.9 Å². The van der Waals surface area contributed by atoms with E-state index in [1.807, 2.05) is 12.1 Å². The summed E-state index contributed by atoms with van der Waals surface area (Å²) in [6.07, 6.45) is 0. The molecule has 0 saturated heterocycles. The zero-order chi connectivity index (χ0) is 14.3. The molecule has 0 amide bonds. The van der Waals surface area contributed by atoms with Crippen LogP contribution in [0.25, 0.3) is 0 Å². The van der Waals surface area contributed by atoms with Crippen molar-refractivity contribution in [2.75, 3.05) is 0 Å². The van der Waals surface area contributed by atoms with Gasteiger partial charge in [0.25, 0.3) is 0 Å². The standard InChI is InChI=1S/C15H12F3NO/c16-12-4-10(5-13(17)14(12)18)15(19)8-1-2-9-6-20-7-11(9)3-8/h1-5,15H,6-7,19H2. The molecule has 1 aliphatic rings. The van der Waals surface area contributed by atoms with E-state index in [-0.39, 0.29) is 5.56 Å². The summed E-state index contributed by atoms with van der Waals surface area (Å²) in [4.78, 5) is 0. The Labute approximate surface area is 114 Å². The molecular weight excluding hydrogens is 267 g/mol. The molecule has 3 rings (SSSR count). The van der Waals surface area contributed by atoms with Gasteiger partial charge < -0.3 is 10.5 Å². The Morgan fingerprint density at radius 3 is 2.25 bits per heavy atom. The number of benzene rings is 2. The highest BCUT2D eigenvalue weighted by Crippen LogP contribution is 2.27. The molecule has 1 heterocycles.